The van der Waals surface area contributed by atoms with E-state index in [-0.39, 0.29) is 0 Å². The lowest BCUT2D eigenvalue weighted by Gasteiger charge is -2.27. The fourth-order valence-electron chi connectivity index (χ4n) is 2.20. The van der Waals surface area contributed by atoms with E-state index in [1.54, 1.807) is 62.3 Å². The van der Waals surface area contributed by atoms with Gasteiger partial charge in [-0.15, -0.1) is 0 Å². The third-order valence-corrected chi connectivity index (χ3v) is 3.18. The van der Waals surface area contributed by atoms with Crippen LogP contribution in [0.25, 0.3) is 0 Å². The van der Waals surface area contributed by atoms with E-state index in [0.29, 0.717) is 0 Å². The molecule has 0 heterocycles. The van der Waals surface area contributed by atoms with E-state index in [1.807, 2.05) is 0 Å². The number of rotatable bonds is 8. The molecule has 0 rings (SSSR count). The maximum absolute atomic E-state index is 12.5. The van der Waals surface area contributed by atoms with Gasteiger partial charge in [-0.05, 0) is 62.3 Å². The molecule has 0 bridgehead atoms. The number of amides is 2. The Bertz CT molecular complexity index is 712. The van der Waals surface area contributed by atoms with Gasteiger partial charge in [-0.2, -0.15) is 0 Å². The maximum Gasteiger partial charge on any atom is 0.408 e. The fraction of sp³-hybridized carbons (Fsp3) is 0.762. The third kappa shape index (κ3) is 14.2. The molecule has 0 aliphatic heterocycles. The fourth-order valence-corrected chi connectivity index (χ4v) is 2.20. The van der Waals surface area contributed by atoms with E-state index < -0.39 is 71.6 Å². The number of nitrogens with one attached hydrogen (secondary N) is 2. The molecule has 0 radical (unpaired) electrons. The van der Waals surface area contributed by atoms with Crippen LogP contribution in [-0.2, 0) is 33.4 Å². The molecule has 0 aromatic carbocycles. The lowest BCUT2D eigenvalue weighted by atomic mass is 10.1. The number of aliphatic carboxylic acids is 1. The molecule has 0 saturated heterocycles. The molecule has 11 heteroatoms. The summed E-state index contributed by atoms with van der Waals surface area (Å²) in [5, 5.41) is 13.6. The van der Waals surface area contributed by atoms with Crippen molar-refractivity contribution in [1.82, 2.24) is 10.6 Å². The van der Waals surface area contributed by atoms with Crippen molar-refractivity contribution in [3.05, 3.63) is 0 Å². The molecule has 184 valence electrons. The number of carboxylic acid groups (broad SMARTS) is 1. The molecular formula is C21H36N2O9. The van der Waals surface area contributed by atoms with Crippen molar-refractivity contribution in [2.75, 3.05) is 0 Å². The summed E-state index contributed by atoms with van der Waals surface area (Å²) in [6.45, 7) is 14.5. The number of ether oxygens (including phenoxy) is 3. The second kappa shape index (κ2) is 11.1. The molecule has 32 heavy (non-hydrogen) atoms. The zero-order valence-corrected chi connectivity index (χ0v) is 20.3. The van der Waals surface area contributed by atoms with Crippen molar-refractivity contribution in [3.8, 4) is 0 Å². The van der Waals surface area contributed by atoms with Crippen LogP contribution >= 0.6 is 0 Å². The van der Waals surface area contributed by atoms with Crippen LogP contribution in [0, 0.1) is 0 Å². The van der Waals surface area contributed by atoms with Gasteiger partial charge in [0.2, 0.25) is 5.91 Å². The molecule has 2 atom stereocenters. The van der Waals surface area contributed by atoms with E-state index in [1.165, 1.54) is 0 Å². The van der Waals surface area contributed by atoms with Crippen LogP contribution in [0.3, 0.4) is 0 Å². The monoisotopic (exact) mass is 460 g/mol. The van der Waals surface area contributed by atoms with Crippen LogP contribution < -0.4 is 10.6 Å². The molecule has 0 saturated carbocycles. The van der Waals surface area contributed by atoms with Crippen molar-refractivity contribution >= 4 is 29.9 Å². The van der Waals surface area contributed by atoms with E-state index in [2.05, 4.69) is 10.6 Å². The van der Waals surface area contributed by atoms with Gasteiger partial charge in [0.1, 0.15) is 28.9 Å². The predicted octanol–water partition coefficient (Wildman–Crippen LogP) is 1.91. The second-order valence-electron chi connectivity index (χ2n) is 10.2. The molecule has 0 aliphatic rings. The topological polar surface area (TPSA) is 157 Å². The Kier molecular flexibility index (Phi) is 10.2. The molecule has 0 spiro atoms. The number of carboxylic acids is 1. The van der Waals surface area contributed by atoms with E-state index in [9.17, 15) is 24.0 Å². The summed E-state index contributed by atoms with van der Waals surface area (Å²) < 4.78 is 15.5. The second-order valence-corrected chi connectivity index (χ2v) is 10.2. The van der Waals surface area contributed by atoms with E-state index >= 15 is 0 Å². The van der Waals surface area contributed by atoms with Gasteiger partial charge in [-0.1, -0.05) is 0 Å². The number of hydrogen-bond acceptors (Lipinski definition) is 8. The first-order valence-electron chi connectivity index (χ1n) is 10.1. The van der Waals surface area contributed by atoms with Crippen LogP contribution in [0.4, 0.5) is 4.79 Å². The lowest BCUT2D eigenvalue weighted by molar-refractivity contribution is -0.161. The molecule has 11 nitrogen and oxygen atoms in total. The molecule has 0 aliphatic carbocycles. The average molecular weight is 461 g/mol. The van der Waals surface area contributed by atoms with Gasteiger partial charge >= 0.3 is 24.0 Å². The van der Waals surface area contributed by atoms with Crippen LogP contribution in [-0.4, -0.2) is 63.9 Å². The summed E-state index contributed by atoms with van der Waals surface area (Å²) in [4.78, 5) is 60.6. The zero-order chi connectivity index (χ0) is 25.5. The van der Waals surface area contributed by atoms with Crippen LogP contribution in [0.2, 0.25) is 0 Å². The summed E-state index contributed by atoms with van der Waals surface area (Å²) in [7, 11) is 0. The Morgan fingerprint density at radius 2 is 1.03 bits per heavy atom. The minimum Gasteiger partial charge on any atom is -0.481 e. The van der Waals surface area contributed by atoms with Gasteiger partial charge in [0.05, 0.1) is 12.8 Å². The number of carbonyl (C=O) groups excluding carboxylic acids is 4. The van der Waals surface area contributed by atoms with E-state index in [0.717, 1.165) is 0 Å². The zero-order valence-electron chi connectivity index (χ0n) is 20.3. The SMILES string of the molecule is CC(C)(C)OC(=O)N[C@@H](CC(=O)N[C@@H](CC(=O)O)C(=O)OC(C)(C)C)C(=O)OC(C)(C)C. The lowest BCUT2D eigenvalue weighted by Crippen LogP contribution is -2.51. The molecule has 0 aromatic rings. The van der Waals surface area contributed by atoms with Gasteiger partial charge in [0, 0.05) is 0 Å². The number of hydrogen-bond donors (Lipinski definition) is 3. The van der Waals surface area contributed by atoms with Crippen molar-refractivity contribution < 1.29 is 43.3 Å². The quantitative estimate of drug-likeness (QED) is 0.363. The third-order valence-electron chi connectivity index (χ3n) is 3.18. The molecule has 0 aromatic heterocycles. The highest BCUT2D eigenvalue weighted by Crippen LogP contribution is 2.13. The number of carbonyl (C=O) groups is 5. The Balaban J connectivity index is 5.48. The Hall–Kier alpha value is -2.85. The van der Waals surface area contributed by atoms with Crippen molar-refractivity contribution in [2.24, 2.45) is 0 Å². The van der Waals surface area contributed by atoms with Gasteiger partial charge < -0.3 is 30.0 Å². The normalized spacial score (nSPS) is 13.9. The summed E-state index contributed by atoms with van der Waals surface area (Å²) >= 11 is 0. The van der Waals surface area contributed by atoms with Gasteiger partial charge in [0.15, 0.2) is 0 Å². The standard InChI is InChI=1S/C21H36N2O9/c1-19(2,3)30-16(27)12(23-18(29)32-21(7,8)9)10-14(24)22-13(11-15(25)26)17(28)31-20(4,5)6/h12-13H,10-11H2,1-9H3,(H,22,24)(H,23,29)(H,25,26)/t12-,13-/m0/s1. The Labute approximate surface area is 188 Å². The van der Waals surface area contributed by atoms with Crippen molar-refractivity contribution in [3.63, 3.8) is 0 Å². The number of esters is 2. The van der Waals surface area contributed by atoms with Crippen LogP contribution in [0.1, 0.15) is 75.2 Å². The largest absolute Gasteiger partial charge is 0.481 e. The summed E-state index contributed by atoms with van der Waals surface area (Å²) in [6, 6.07) is -2.92. The summed E-state index contributed by atoms with van der Waals surface area (Å²) in [5.74, 6) is -4.04. The highest BCUT2D eigenvalue weighted by atomic mass is 16.6. The molecule has 0 unspecified atom stereocenters. The minimum absolute atomic E-state index is 0.618. The summed E-state index contributed by atoms with van der Waals surface area (Å²) in [5.41, 5.74) is -2.66. The highest BCUT2D eigenvalue weighted by molar-refractivity contribution is 5.91. The first kappa shape index (κ1) is 29.1. The summed E-state index contributed by atoms with van der Waals surface area (Å²) in [6.07, 6.45) is -2.29. The van der Waals surface area contributed by atoms with Crippen LogP contribution in [0.5, 0.6) is 0 Å². The molecule has 0 fully saturated rings. The van der Waals surface area contributed by atoms with Gasteiger partial charge in [-0.3, -0.25) is 9.59 Å². The maximum atomic E-state index is 12.5. The van der Waals surface area contributed by atoms with Crippen molar-refractivity contribution in [1.29, 1.82) is 0 Å². The van der Waals surface area contributed by atoms with Crippen LogP contribution in [0.15, 0.2) is 0 Å². The average Bonchev–Trinajstić information content (AvgIpc) is 2.47. The van der Waals surface area contributed by atoms with Gasteiger partial charge in [-0.25, -0.2) is 14.4 Å². The molecular weight excluding hydrogens is 424 g/mol. The highest BCUT2D eigenvalue weighted by Gasteiger charge is 2.33. The van der Waals surface area contributed by atoms with Gasteiger partial charge in [0.25, 0.3) is 0 Å². The molecule has 3 N–H and O–H groups in total. The Morgan fingerprint density at radius 3 is 1.38 bits per heavy atom. The van der Waals surface area contributed by atoms with Crippen molar-refractivity contribution in [2.45, 2.75) is 104 Å². The smallest absolute Gasteiger partial charge is 0.408 e. The van der Waals surface area contributed by atoms with E-state index in [4.69, 9.17) is 19.3 Å². The Morgan fingerprint density at radius 1 is 0.656 bits per heavy atom. The molecule has 2 amide bonds. The first-order chi connectivity index (χ1) is 14.2. The predicted molar refractivity (Wildman–Crippen MR) is 114 cm³/mol. The number of alkyl carbamates (subject to hydrolysis) is 1. The first-order valence-corrected chi connectivity index (χ1v) is 10.1. The minimum atomic E-state index is -1.49.